The van der Waals surface area contributed by atoms with Gasteiger partial charge in [-0.15, -0.1) is 0 Å². The first kappa shape index (κ1) is 28.8. The summed E-state index contributed by atoms with van der Waals surface area (Å²) in [7, 11) is 0. The number of aromatic nitrogens is 2. The molecule has 0 N–H and O–H groups in total. The fourth-order valence-electron chi connectivity index (χ4n) is 4.40. The van der Waals surface area contributed by atoms with Crippen LogP contribution >= 0.6 is 0 Å². The fourth-order valence-corrected chi connectivity index (χ4v) is 4.40. The van der Waals surface area contributed by atoms with Crippen molar-refractivity contribution in [2.45, 2.75) is 97.4 Å². The van der Waals surface area contributed by atoms with Crippen molar-refractivity contribution >= 4 is 6.09 Å². The van der Waals surface area contributed by atoms with Crippen molar-refractivity contribution in [2.24, 2.45) is 5.92 Å². The smallest absolute Gasteiger partial charge is 0.419 e. The van der Waals surface area contributed by atoms with Gasteiger partial charge in [-0.3, -0.25) is 4.90 Å². The third-order valence-corrected chi connectivity index (χ3v) is 6.32. The van der Waals surface area contributed by atoms with E-state index in [9.17, 15) is 18.0 Å². The third-order valence-electron chi connectivity index (χ3n) is 6.32. The molecule has 0 radical (unpaired) electrons. The molecule has 1 aliphatic heterocycles. The Hall–Kier alpha value is -2.78. The number of unbranched alkanes of at least 4 members (excludes halogenated alkanes) is 5. The van der Waals surface area contributed by atoms with Crippen molar-refractivity contribution in [3.8, 4) is 17.1 Å². The zero-order chi connectivity index (χ0) is 27.2. The Morgan fingerprint density at radius 1 is 1.14 bits per heavy atom. The van der Waals surface area contributed by atoms with Crippen LogP contribution in [0.3, 0.4) is 0 Å². The van der Waals surface area contributed by atoms with Crippen molar-refractivity contribution in [3.63, 3.8) is 0 Å². The van der Waals surface area contributed by atoms with Gasteiger partial charge >= 0.3 is 12.3 Å². The van der Waals surface area contributed by atoms with E-state index in [1.807, 2.05) is 6.92 Å². The highest BCUT2D eigenvalue weighted by Gasteiger charge is 2.41. The minimum Gasteiger partial charge on any atom is -0.493 e. The predicted molar refractivity (Wildman–Crippen MR) is 133 cm³/mol. The van der Waals surface area contributed by atoms with Crippen LogP contribution in [0.5, 0.6) is 5.75 Å². The number of rotatable bonds is 10. The maximum Gasteiger partial charge on any atom is 0.419 e. The zero-order valence-electron chi connectivity index (χ0n) is 22.4. The normalized spacial score (nSPS) is 18.3. The van der Waals surface area contributed by atoms with E-state index in [0.29, 0.717) is 19.4 Å². The molecule has 37 heavy (non-hydrogen) atoms. The molecule has 1 saturated heterocycles. The maximum absolute atomic E-state index is 13.8. The number of likely N-dealkylation sites (tertiary alicyclic amines) is 1. The maximum atomic E-state index is 13.8. The molecule has 0 aliphatic carbocycles. The molecule has 1 aromatic heterocycles. The summed E-state index contributed by atoms with van der Waals surface area (Å²) in [5, 5.41) is 3.92. The first-order valence-corrected chi connectivity index (χ1v) is 13.1. The fraction of sp³-hybridized carbons (Fsp3) is 0.667. The average Bonchev–Trinajstić information content (AvgIpc) is 3.43. The lowest BCUT2D eigenvalue weighted by molar-refractivity contribution is -0.138. The standard InChI is InChI=1S/C27H38F3N3O4/c1-6-7-8-9-10-11-16-35-21-13-12-19(17-20(21)27(28,29)30)23-31-24(37-32-23)22-18(2)14-15-33(22)25(34)36-26(3,4)5/h12-13,17-18,22H,6-11,14-16H2,1-5H3/t18-,22-/m0/s1. The first-order chi connectivity index (χ1) is 17.4. The van der Waals surface area contributed by atoms with E-state index in [-0.39, 0.29) is 35.6 Å². The molecule has 1 fully saturated rings. The summed E-state index contributed by atoms with van der Waals surface area (Å²) < 4.78 is 57.9. The van der Waals surface area contributed by atoms with Gasteiger partial charge in [0.25, 0.3) is 0 Å². The van der Waals surface area contributed by atoms with Crippen LogP contribution < -0.4 is 4.74 Å². The number of ether oxygens (including phenoxy) is 2. The Morgan fingerprint density at radius 2 is 1.84 bits per heavy atom. The lowest BCUT2D eigenvalue weighted by atomic mass is 10.0. The van der Waals surface area contributed by atoms with Crippen molar-refractivity contribution < 1.29 is 32.0 Å². The Balaban J connectivity index is 1.75. The van der Waals surface area contributed by atoms with Gasteiger partial charge in [-0.25, -0.2) is 4.79 Å². The van der Waals surface area contributed by atoms with Crippen LogP contribution in [0.25, 0.3) is 11.4 Å². The summed E-state index contributed by atoms with van der Waals surface area (Å²) in [6.45, 7) is 10.1. The second-order valence-electron chi connectivity index (χ2n) is 10.7. The highest BCUT2D eigenvalue weighted by Crippen LogP contribution is 2.40. The van der Waals surface area contributed by atoms with Crippen molar-refractivity contribution in [3.05, 3.63) is 29.7 Å². The molecule has 0 spiro atoms. The molecule has 0 unspecified atom stereocenters. The number of nitrogens with zero attached hydrogens (tertiary/aromatic N) is 3. The Morgan fingerprint density at radius 3 is 2.51 bits per heavy atom. The number of hydrogen-bond donors (Lipinski definition) is 0. The minimum atomic E-state index is -4.60. The van der Waals surface area contributed by atoms with E-state index >= 15 is 0 Å². The van der Waals surface area contributed by atoms with Crippen molar-refractivity contribution in [2.75, 3.05) is 13.2 Å². The van der Waals surface area contributed by atoms with Gasteiger partial charge < -0.3 is 14.0 Å². The van der Waals surface area contributed by atoms with E-state index in [1.165, 1.54) is 17.0 Å². The molecule has 7 nitrogen and oxygen atoms in total. The average molecular weight is 526 g/mol. The molecule has 1 aliphatic rings. The quantitative estimate of drug-likeness (QED) is 0.294. The monoisotopic (exact) mass is 525 g/mol. The van der Waals surface area contributed by atoms with Gasteiger partial charge in [0, 0.05) is 12.1 Å². The molecule has 2 aromatic rings. The highest BCUT2D eigenvalue weighted by molar-refractivity contribution is 5.69. The molecule has 1 amide bonds. The SMILES string of the molecule is CCCCCCCCOc1ccc(-c2noc([C@@H]3[C@@H](C)CCN3C(=O)OC(C)(C)C)n2)cc1C(F)(F)F. The number of hydrogen-bond acceptors (Lipinski definition) is 6. The molecule has 3 rings (SSSR count). The molecular formula is C27H38F3N3O4. The van der Waals surface area contributed by atoms with Crippen LogP contribution in [0.1, 0.15) is 97.1 Å². The summed E-state index contributed by atoms with van der Waals surface area (Å²) in [5.74, 6) is -0.00706. The van der Waals surface area contributed by atoms with Crippen molar-refractivity contribution in [1.82, 2.24) is 15.0 Å². The number of alkyl halides is 3. The first-order valence-electron chi connectivity index (χ1n) is 13.1. The van der Waals surface area contributed by atoms with Gasteiger partial charge in [0.15, 0.2) is 0 Å². The van der Waals surface area contributed by atoms with E-state index in [1.54, 1.807) is 20.8 Å². The Labute approximate surface area is 216 Å². The van der Waals surface area contributed by atoms with E-state index in [4.69, 9.17) is 14.0 Å². The van der Waals surface area contributed by atoms with Crippen molar-refractivity contribution in [1.29, 1.82) is 0 Å². The van der Waals surface area contributed by atoms with Gasteiger partial charge in [0.05, 0.1) is 12.2 Å². The van der Waals surface area contributed by atoms with Gasteiger partial charge in [-0.2, -0.15) is 18.2 Å². The second kappa shape index (κ2) is 12.2. The van der Waals surface area contributed by atoms with Crippen LogP contribution in [0, 0.1) is 5.92 Å². The van der Waals surface area contributed by atoms with Crippen LogP contribution in [-0.2, 0) is 10.9 Å². The largest absolute Gasteiger partial charge is 0.493 e. The van der Waals surface area contributed by atoms with E-state index < -0.39 is 29.5 Å². The van der Waals surface area contributed by atoms with Crippen LogP contribution in [0.15, 0.2) is 22.7 Å². The van der Waals surface area contributed by atoms with Crippen LogP contribution in [-0.4, -0.2) is 39.9 Å². The molecule has 0 saturated carbocycles. The summed E-state index contributed by atoms with van der Waals surface area (Å²) in [6, 6.07) is 3.26. The molecular weight excluding hydrogens is 487 g/mol. The van der Waals surface area contributed by atoms with E-state index in [0.717, 1.165) is 38.2 Å². The Bertz CT molecular complexity index is 1030. The Kier molecular flexibility index (Phi) is 9.47. The zero-order valence-corrected chi connectivity index (χ0v) is 22.4. The van der Waals surface area contributed by atoms with Gasteiger partial charge in [0.1, 0.15) is 17.4 Å². The van der Waals surface area contributed by atoms with Gasteiger partial charge in [-0.05, 0) is 57.7 Å². The number of carbonyl (C=O) groups excluding carboxylic acids is 1. The summed E-state index contributed by atoms with van der Waals surface area (Å²) in [5.41, 5.74) is -1.39. The summed E-state index contributed by atoms with van der Waals surface area (Å²) >= 11 is 0. The molecule has 10 heteroatoms. The number of benzene rings is 1. The number of carbonyl (C=O) groups is 1. The lowest BCUT2D eigenvalue weighted by Gasteiger charge is -2.28. The van der Waals surface area contributed by atoms with E-state index in [2.05, 4.69) is 17.1 Å². The predicted octanol–water partition coefficient (Wildman–Crippen LogP) is 7.81. The molecule has 2 heterocycles. The topological polar surface area (TPSA) is 77.7 Å². The summed E-state index contributed by atoms with van der Waals surface area (Å²) in [4.78, 5) is 18.6. The van der Waals surface area contributed by atoms with Gasteiger partial charge in [0.2, 0.25) is 11.7 Å². The minimum absolute atomic E-state index is 0.0179. The molecule has 1 aromatic carbocycles. The van der Waals surface area contributed by atoms with Crippen LogP contribution in [0.4, 0.5) is 18.0 Å². The third kappa shape index (κ3) is 7.85. The highest BCUT2D eigenvalue weighted by atomic mass is 19.4. The number of amides is 1. The second-order valence-corrected chi connectivity index (χ2v) is 10.7. The lowest BCUT2D eigenvalue weighted by Crippen LogP contribution is -2.37. The van der Waals surface area contributed by atoms with Gasteiger partial charge in [-0.1, -0.05) is 51.1 Å². The van der Waals surface area contributed by atoms with Crippen LogP contribution in [0.2, 0.25) is 0 Å². The molecule has 0 bridgehead atoms. The molecule has 2 atom stereocenters. The summed E-state index contributed by atoms with van der Waals surface area (Å²) in [6.07, 6.45) is 1.71. The number of halogens is 3. The molecule has 206 valence electrons.